The summed E-state index contributed by atoms with van der Waals surface area (Å²) in [7, 11) is 0. The predicted molar refractivity (Wildman–Crippen MR) is 138 cm³/mol. The summed E-state index contributed by atoms with van der Waals surface area (Å²) < 4.78 is 21.5. The first kappa shape index (κ1) is 26.2. The van der Waals surface area contributed by atoms with Gasteiger partial charge in [-0.2, -0.15) is 0 Å². The molecule has 0 aliphatic carbocycles. The lowest BCUT2D eigenvalue weighted by Crippen LogP contribution is -2.11. The SMILES string of the molecule is Cc1nnc(S[C@H](C[N+](=O)[O-])c2ccc(OCc3cccc([N+](=O)[O-])c3)c(Br)c2)n1-c1ccc(F)cc1. The summed E-state index contributed by atoms with van der Waals surface area (Å²) in [5, 5.41) is 30.6. The van der Waals surface area contributed by atoms with Gasteiger partial charge in [-0.15, -0.1) is 10.2 Å². The van der Waals surface area contributed by atoms with Crippen molar-refractivity contribution >= 4 is 33.4 Å². The summed E-state index contributed by atoms with van der Waals surface area (Å²) in [6.45, 7) is 1.47. The molecule has 0 saturated heterocycles. The van der Waals surface area contributed by atoms with Crippen molar-refractivity contribution in [1.29, 1.82) is 0 Å². The van der Waals surface area contributed by atoms with Crippen LogP contribution >= 0.6 is 27.7 Å². The molecular formula is C24H19BrFN5O5S. The molecule has 0 fully saturated rings. The maximum atomic E-state index is 13.4. The molecule has 0 bridgehead atoms. The molecule has 0 radical (unpaired) electrons. The zero-order valence-electron chi connectivity index (χ0n) is 19.3. The summed E-state index contributed by atoms with van der Waals surface area (Å²) in [4.78, 5) is 21.6. The van der Waals surface area contributed by atoms with Crippen molar-refractivity contribution in [3.63, 3.8) is 0 Å². The van der Waals surface area contributed by atoms with Crippen molar-refractivity contribution in [3.8, 4) is 11.4 Å². The van der Waals surface area contributed by atoms with Gasteiger partial charge in [-0.05, 0) is 70.4 Å². The van der Waals surface area contributed by atoms with E-state index in [2.05, 4.69) is 26.1 Å². The van der Waals surface area contributed by atoms with Gasteiger partial charge < -0.3 is 4.74 Å². The van der Waals surface area contributed by atoms with Crippen molar-refractivity contribution in [1.82, 2.24) is 14.8 Å². The van der Waals surface area contributed by atoms with Crippen LogP contribution in [0.25, 0.3) is 5.69 Å². The fourth-order valence-corrected chi connectivity index (χ4v) is 5.21. The van der Waals surface area contributed by atoms with E-state index in [0.29, 0.717) is 38.0 Å². The van der Waals surface area contributed by atoms with E-state index in [4.69, 9.17) is 4.74 Å². The van der Waals surface area contributed by atoms with Gasteiger partial charge in [0.2, 0.25) is 6.54 Å². The number of nitrogens with zero attached hydrogens (tertiary/aromatic N) is 5. The number of aromatic nitrogens is 3. The fourth-order valence-electron chi connectivity index (χ4n) is 3.54. The molecule has 37 heavy (non-hydrogen) atoms. The minimum atomic E-state index is -0.611. The molecule has 1 heterocycles. The zero-order chi connectivity index (χ0) is 26.5. The van der Waals surface area contributed by atoms with Crippen LogP contribution in [0.2, 0.25) is 0 Å². The standard InChI is InChI=1S/C24H19BrFN5O5S/c1-15-27-28-24(30(15)19-8-6-18(26)7-9-19)37-23(13-29(32)33)17-5-10-22(21(25)12-17)36-14-16-3-2-4-20(11-16)31(34)35/h2-12,23H,13-14H2,1H3/t23-/m1/s1. The van der Waals surface area contributed by atoms with Crippen LogP contribution in [0.1, 0.15) is 22.2 Å². The Morgan fingerprint density at radius 1 is 1.08 bits per heavy atom. The molecule has 4 rings (SSSR count). The second-order valence-electron chi connectivity index (χ2n) is 7.87. The van der Waals surface area contributed by atoms with Gasteiger partial charge in [0.05, 0.1) is 9.40 Å². The highest BCUT2D eigenvalue weighted by molar-refractivity contribution is 9.10. The third kappa shape index (κ3) is 6.49. The second-order valence-corrected chi connectivity index (χ2v) is 9.89. The smallest absolute Gasteiger partial charge is 0.269 e. The van der Waals surface area contributed by atoms with Crippen LogP contribution in [-0.4, -0.2) is 31.2 Å². The highest BCUT2D eigenvalue weighted by atomic mass is 79.9. The monoisotopic (exact) mass is 587 g/mol. The van der Waals surface area contributed by atoms with E-state index in [9.17, 15) is 24.6 Å². The molecular weight excluding hydrogens is 569 g/mol. The second kappa shape index (κ2) is 11.5. The molecule has 10 nitrogen and oxygen atoms in total. The lowest BCUT2D eigenvalue weighted by Gasteiger charge is -2.16. The van der Waals surface area contributed by atoms with Crippen molar-refractivity contribution in [2.75, 3.05) is 6.54 Å². The Balaban J connectivity index is 1.56. The molecule has 3 aromatic carbocycles. The number of halogens is 2. The van der Waals surface area contributed by atoms with Crippen LogP contribution in [0, 0.1) is 33.0 Å². The number of nitro benzene ring substituents is 1. The van der Waals surface area contributed by atoms with Crippen LogP contribution in [0.15, 0.2) is 76.4 Å². The van der Waals surface area contributed by atoms with Crippen molar-refractivity contribution in [2.24, 2.45) is 0 Å². The average Bonchev–Trinajstić information content (AvgIpc) is 3.23. The fraction of sp³-hybridized carbons (Fsp3) is 0.167. The Morgan fingerprint density at radius 3 is 2.51 bits per heavy atom. The third-order valence-corrected chi connectivity index (χ3v) is 7.09. The van der Waals surface area contributed by atoms with Gasteiger partial charge in [-0.1, -0.05) is 30.0 Å². The number of aryl methyl sites for hydroxylation is 1. The van der Waals surface area contributed by atoms with E-state index >= 15 is 0 Å². The summed E-state index contributed by atoms with van der Waals surface area (Å²) in [5.41, 5.74) is 1.89. The predicted octanol–water partition coefficient (Wildman–Crippen LogP) is 6.07. The molecule has 0 N–H and O–H groups in total. The maximum Gasteiger partial charge on any atom is 0.269 e. The molecule has 0 amide bonds. The Hall–Kier alpha value is -3.84. The minimum absolute atomic E-state index is 0.0288. The van der Waals surface area contributed by atoms with Gasteiger partial charge in [0.1, 0.15) is 29.2 Å². The molecule has 1 aromatic heterocycles. The van der Waals surface area contributed by atoms with E-state index < -0.39 is 15.1 Å². The van der Waals surface area contributed by atoms with E-state index in [1.807, 2.05) is 0 Å². The molecule has 4 aromatic rings. The van der Waals surface area contributed by atoms with Gasteiger partial charge in [0, 0.05) is 22.7 Å². The maximum absolute atomic E-state index is 13.4. The molecule has 190 valence electrons. The van der Waals surface area contributed by atoms with Crippen LogP contribution < -0.4 is 4.74 Å². The number of non-ortho nitro benzene ring substituents is 1. The number of hydrogen-bond acceptors (Lipinski definition) is 8. The van der Waals surface area contributed by atoms with Gasteiger partial charge in [0.25, 0.3) is 5.69 Å². The largest absolute Gasteiger partial charge is 0.488 e. The number of thioether (sulfide) groups is 1. The van der Waals surface area contributed by atoms with Crippen molar-refractivity contribution in [3.05, 3.63) is 114 Å². The van der Waals surface area contributed by atoms with E-state index in [-0.39, 0.29) is 24.7 Å². The highest BCUT2D eigenvalue weighted by Gasteiger charge is 2.24. The van der Waals surface area contributed by atoms with Gasteiger partial charge in [-0.25, -0.2) is 4.39 Å². The summed E-state index contributed by atoms with van der Waals surface area (Å²) >= 11 is 4.63. The average molecular weight is 588 g/mol. The van der Waals surface area contributed by atoms with Crippen molar-refractivity contribution < 1.29 is 19.0 Å². The van der Waals surface area contributed by atoms with Gasteiger partial charge >= 0.3 is 0 Å². The first-order valence-electron chi connectivity index (χ1n) is 10.8. The van der Waals surface area contributed by atoms with Gasteiger partial charge in [-0.3, -0.25) is 24.8 Å². The molecule has 0 spiro atoms. The third-order valence-electron chi connectivity index (χ3n) is 5.29. The Labute approximate surface area is 222 Å². The molecule has 13 heteroatoms. The van der Waals surface area contributed by atoms with E-state index in [1.165, 1.54) is 36.0 Å². The number of ether oxygens (including phenoxy) is 1. The zero-order valence-corrected chi connectivity index (χ0v) is 21.7. The summed E-state index contributed by atoms with van der Waals surface area (Å²) in [6, 6.07) is 17.1. The number of hydrogen-bond donors (Lipinski definition) is 0. The van der Waals surface area contributed by atoms with Crippen molar-refractivity contribution in [2.45, 2.75) is 23.9 Å². The molecule has 0 saturated carbocycles. The lowest BCUT2D eigenvalue weighted by atomic mass is 10.1. The number of rotatable bonds is 10. The summed E-state index contributed by atoms with van der Waals surface area (Å²) in [5.74, 6) is 0.651. The molecule has 0 unspecified atom stereocenters. The minimum Gasteiger partial charge on any atom is -0.488 e. The Bertz CT molecular complexity index is 1450. The first-order chi connectivity index (χ1) is 17.7. The van der Waals surface area contributed by atoms with Gasteiger partial charge in [0.15, 0.2) is 5.16 Å². The quantitative estimate of drug-likeness (QED) is 0.124. The normalized spacial score (nSPS) is 11.8. The molecule has 1 atom stereocenters. The van der Waals surface area contributed by atoms with Crippen LogP contribution in [0.5, 0.6) is 5.75 Å². The topological polar surface area (TPSA) is 126 Å². The van der Waals surface area contributed by atoms with Crippen LogP contribution in [0.3, 0.4) is 0 Å². The summed E-state index contributed by atoms with van der Waals surface area (Å²) in [6.07, 6.45) is 0. The first-order valence-corrected chi connectivity index (χ1v) is 12.5. The van der Waals surface area contributed by atoms with Crippen LogP contribution in [-0.2, 0) is 6.61 Å². The lowest BCUT2D eigenvalue weighted by molar-refractivity contribution is -0.479. The number of nitro groups is 2. The molecule has 0 aliphatic rings. The highest BCUT2D eigenvalue weighted by Crippen LogP contribution is 2.39. The Morgan fingerprint density at radius 2 is 1.84 bits per heavy atom. The number of benzene rings is 3. The van der Waals surface area contributed by atoms with Crippen LogP contribution in [0.4, 0.5) is 10.1 Å². The van der Waals surface area contributed by atoms with E-state index in [1.54, 1.807) is 54.0 Å². The molecule has 0 aliphatic heterocycles. The Kier molecular flexibility index (Phi) is 8.14. The van der Waals surface area contributed by atoms with E-state index in [0.717, 1.165) is 0 Å².